The first-order chi connectivity index (χ1) is 15.2. The fraction of sp³-hybridized carbons (Fsp3) is 0.654. The van der Waals surface area contributed by atoms with Gasteiger partial charge in [-0.1, -0.05) is 57.2 Å². The van der Waals surface area contributed by atoms with E-state index < -0.39 is 17.5 Å². The lowest BCUT2D eigenvalue weighted by molar-refractivity contribution is -0.150. The predicted octanol–water partition coefficient (Wildman–Crippen LogP) is 4.83. The van der Waals surface area contributed by atoms with Crippen molar-refractivity contribution in [2.45, 2.75) is 97.9 Å². The zero-order chi connectivity index (χ0) is 24.0. The van der Waals surface area contributed by atoms with Crippen molar-refractivity contribution in [2.75, 3.05) is 13.2 Å². The summed E-state index contributed by atoms with van der Waals surface area (Å²) in [7, 11) is 0. The third-order valence-electron chi connectivity index (χ3n) is 5.64. The van der Waals surface area contributed by atoms with Gasteiger partial charge in [0, 0.05) is 20.8 Å². The molecule has 0 unspecified atom stereocenters. The highest BCUT2D eigenvalue weighted by Gasteiger charge is 2.34. The van der Waals surface area contributed by atoms with E-state index in [9.17, 15) is 14.4 Å². The molecule has 6 nitrogen and oxygen atoms in total. The van der Waals surface area contributed by atoms with E-state index in [0.717, 1.165) is 12.0 Å². The Labute approximate surface area is 193 Å². The second-order valence-electron chi connectivity index (χ2n) is 8.80. The quantitative estimate of drug-likeness (QED) is 0.308. The molecule has 0 aliphatic carbocycles. The predicted molar refractivity (Wildman–Crippen MR) is 126 cm³/mol. The van der Waals surface area contributed by atoms with E-state index in [2.05, 4.69) is 37.4 Å². The number of carbonyl (C=O) groups is 3. The molecular formula is C26H41NO5. The minimum atomic E-state index is -0.964. The molecule has 0 heterocycles. The van der Waals surface area contributed by atoms with Crippen molar-refractivity contribution < 1.29 is 23.9 Å². The smallest absolute Gasteiger partial charge is 0.302 e. The average molecular weight is 448 g/mol. The number of hydrogen-bond acceptors (Lipinski definition) is 5. The maximum absolute atomic E-state index is 11.9. The highest BCUT2D eigenvalue weighted by molar-refractivity contribution is 5.74. The van der Waals surface area contributed by atoms with E-state index in [1.807, 2.05) is 0 Å². The average Bonchev–Trinajstić information content (AvgIpc) is 2.72. The SMILES string of the molecule is CCCCCCCCc1ccc(CCC(COC(C)=O)(COC(C)=O)NC(C)=O)cc1C. The Morgan fingerprint density at radius 1 is 0.875 bits per heavy atom. The molecule has 1 aromatic carbocycles. The molecule has 6 heteroatoms. The van der Waals surface area contributed by atoms with Gasteiger partial charge in [0.05, 0.1) is 0 Å². The molecule has 0 aliphatic heterocycles. The van der Waals surface area contributed by atoms with E-state index in [0.29, 0.717) is 12.8 Å². The first kappa shape index (κ1) is 27.7. The number of rotatable bonds is 15. The molecule has 0 saturated heterocycles. The molecule has 1 N–H and O–H groups in total. The lowest BCUT2D eigenvalue weighted by Gasteiger charge is -2.33. The fourth-order valence-corrected chi connectivity index (χ4v) is 3.85. The lowest BCUT2D eigenvalue weighted by Crippen LogP contribution is -2.55. The largest absolute Gasteiger partial charge is 0.463 e. The molecular weight excluding hydrogens is 406 g/mol. The third kappa shape index (κ3) is 11.3. The lowest BCUT2D eigenvalue weighted by atomic mass is 9.90. The van der Waals surface area contributed by atoms with Crippen molar-refractivity contribution in [2.24, 2.45) is 0 Å². The Kier molecular flexibility index (Phi) is 12.7. The van der Waals surface area contributed by atoms with Gasteiger partial charge in [-0.2, -0.15) is 0 Å². The molecule has 180 valence electrons. The minimum Gasteiger partial charge on any atom is -0.463 e. The van der Waals surface area contributed by atoms with Gasteiger partial charge in [-0.05, 0) is 49.3 Å². The standard InChI is InChI=1S/C26H41NO5/c1-6-7-8-9-10-11-12-25-14-13-24(17-20(25)2)15-16-26(27-21(3)28,18-31-22(4)29)19-32-23(5)30/h13-14,17H,6-12,15-16,18-19H2,1-5H3,(H,27,28). The second kappa shape index (κ2) is 14.6. The molecule has 32 heavy (non-hydrogen) atoms. The second-order valence-corrected chi connectivity index (χ2v) is 8.80. The molecule has 0 saturated carbocycles. The van der Waals surface area contributed by atoms with Gasteiger partial charge in [-0.25, -0.2) is 0 Å². The number of carbonyl (C=O) groups excluding carboxylic acids is 3. The topological polar surface area (TPSA) is 81.7 Å². The molecule has 0 atom stereocenters. The number of benzene rings is 1. The molecule has 0 radical (unpaired) electrons. The zero-order valence-electron chi connectivity index (χ0n) is 20.6. The Bertz CT molecular complexity index is 726. The van der Waals surface area contributed by atoms with Crippen LogP contribution >= 0.6 is 0 Å². The van der Waals surface area contributed by atoms with Crippen LogP contribution in [0.2, 0.25) is 0 Å². The first-order valence-corrected chi connectivity index (χ1v) is 11.8. The van der Waals surface area contributed by atoms with Crippen LogP contribution in [-0.4, -0.2) is 36.6 Å². The highest BCUT2D eigenvalue weighted by atomic mass is 16.5. The van der Waals surface area contributed by atoms with Crippen LogP contribution in [0.1, 0.15) is 89.3 Å². The Morgan fingerprint density at radius 3 is 2.00 bits per heavy atom. The molecule has 0 fully saturated rings. The summed E-state index contributed by atoms with van der Waals surface area (Å²) >= 11 is 0. The fourth-order valence-electron chi connectivity index (χ4n) is 3.85. The van der Waals surface area contributed by atoms with Gasteiger partial charge in [0.2, 0.25) is 5.91 Å². The van der Waals surface area contributed by atoms with Crippen molar-refractivity contribution in [3.05, 3.63) is 34.9 Å². The summed E-state index contributed by atoms with van der Waals surface area (Å²) in [5.41, 5.74) is 2.81. The van der Waals surface area contributed by atoms with E-state index in [1.54, 1.807) is 0 Å². The van der Waals surface area contributed by atoms with Gasteiger partial charge in [-0.15, -0.1) is 0 Å². The number of hydrogen-bond donors (Lipinski definition) is 1. The van der Waals surface area contributed by atoms with Gasteiger partial charge in [-0.3, -0.25) is 14.4 Å². The van der Waals surface area contributed by atoms with Crippen molar-refractivity contribution >= 4 is 17.8 Å². The summed E-state index contributed by atoms with van der Waals surface area (Å²) in [6.07, 6.45) is 9.92. The minimum absolute atomic E-state index is 0.0513. The Hall–Kier alpha value is -2.37. The van der Waals surface area contributed by atoms with Crippen LogP contribution < -0.4 is 5.32 Å². The number of unbranched alkanes of at least 4 members (excludes halogenated alkanes) is 5. The van der Waals surface area contributed by atoms with E-state index >= 15 is 0 Å². The number of ether oxygens (including phenoxy) is 2. The monoisotopic (exact) mass is 447 g/mol. The van der Waals surface area contributed by atoms with Gasteiger partial charge >= 0.3 is 11.9 Å². The van der Waals surface area contributed by atoms with Crippen LogP contribution in [0, 0.1) is 6.92 Å². The number of amides is 1. The summed E-state index contributed by atoms with van der Waals surface area (Å²) in [5.74, 6) is -1.16. The molecule has 0 aromatic heterocycles. The Morgan fingerprint density at radius 2 is 1.47 bits per heavy atom. The van der Waals surface area contributed by atoms with Gasteiger partial charge in [0.1, 0.15) is 18.8 Å². The van der Waals surface area contributed by atoms with E-state index in [-0.39, 0.29) is 19.1 Å². The van der Waals surface area contributed by atoms with Gasteiger partial charge in [0.25, 0.3) is 0 Å². The molecule has 1 rings (SSSR count). The number of aryl methyl sites for hydroxylation is 3. The summed E-state index contributed by atoms with van der Waals surface area (Å²) in [6.45, 7) is 8.30. The number of nitrogens with one attached hydrogen (secondary N) is 1. The van der Waals surface area contributed by atoms with Gasteiger partial charge in [0.15, 0.2) is 0 Å². The van der Waals surface area contributed by atoms with E-state index in [1.165, 1.54) is 70.4 Å². The molecule has 0 aliphatic rings. The van der Waals surface area contributed by atoms with Crippen molar-refractivity contribution in [1.29, 1.82) is 0 Å². The maximum atomic E-state index is 11.9. The molecule has 0 spiro atoms. The van der Waals surface area contributed by atoms with Crippen molar-refractivity contribution in [3.8, 4) is 0 Å². The van der Waals surface area contributed by atoms with Crippen LogP contribution in [0.4, 0.5) is 0 Å². The third-order valence-corrected chi connectivity index (χ3v) is 5.64. The summed E-state index contributed by atoms with van der Waals surface area (Å²) < 4.78 is 10.4. The molecule has 1 amide bonds. The van der Waals surface area contributed by atoms with Crippen LogP contribution in [0.5, 0.6) is 0 Å². The zero-order valence-corrected chi connectivity index (χ0v) is 20.6. The summed E-state index contributed by atoms with van der Waals surface area (Å²) in [6, 6.07) is 6.49. The maximum Gasteiger partial charge on any atom is 0.302 e. The van der Waals surface area contributed by atoms with Crippen LogP contribution in [0.3, 0.4) is 0 Å². The first-order valence-electron chi connectivity index (χ1n) is 11.8. The summed E-state index contributed by atoms with van der Waals surface area (Å²) in [5, 5.41) is 2.86. The molecule has 1 aromatic rings. The normalized spacial score (nSPS) is 11.2. The van der Waals surface area contributed by atoms with Crippen LogP contribution in [-0.2, 0) is 36.7 Å². The highest BCUT2D eigenvalue weighted by Crippen LogP contribution is 2.21. The van der Waals surface area contributed by atoms with Gasteiger partial charge < -0.3 is 14.8 Å². The van der Waals surface area contributed by atoms with Crippen molar-refractivity contribution in [3.63, 3.8) is 0 Å². The van der Waals surface area contributed by atoms with E-state index in [4.69, 9.17) is 9.47 Å². The van der Waals surface area contributed by atoms with Crippen molar-refractivity contribution in [1.82, 2.24) is 5.32 Å². The van der Waals surface area contributed by atoms with Crippen LogP contribution in [0.25, 0.3) is 0 Å². The van der Waals surface area contributed by atoms with Crippen LogP contribution in [0.15, 0.2) is 18.2 Å². The number of esters is 2. The summed E-state index contributed by atoms with van der Waals surface area (Å²) in [4.78, 5) is 34.6. The molecule has 0 bridgehead atoms. The Balaban J connectivity index is 2.79.